The molecule has 2 aliphatic rings. The molecular formula is C16H22N2O. The van der Waals surface area contributed by atoms with Crippen molar-refractivity contribution < 1.29 is 4.79 Å². The highest BCUT2D eigenvalue weighted by atomic mass is 16.2. The number of rotatable bonds is 2. The first-order chi connectivity index (χ1) is 9.25. The molecule has 1 aromatic rings. The monoisotopic (exact) mass is 258 g/mol. The molecule has 3 rings (SSSR count). The first-order valence-corrected chi connectivity index (χ1v) is 7.41. The van der Waals surface area contributed by atoms with E-state index < -0.39 is 0 Å². The Hall–Kier alpha value is -1.51. The second-order valence-corrected chi connectivity index (χ2v) is 5.84. The largest absolute Gasteiger partial charge is 0.399 e. The molecule has 3 nitrogen and oxygen atoms in total. The van der Waals surface area contributed by atoms with Crippen LogP contribution in [0.2, 0.25) is 0 Å². The van der Waals surface area contributed by atoms with E-state index in [1.165, 1.54) is 18.4 Å². The number of carbonyl (C=O) groups excluding carboxylic acids is 1. The predicted molar refractivity (Wildman–Crippen MR) is 76.5 cm³/mol. The van der Waals surface area contributed by atoms with Crippen LogP contribution in [0.5, 0.6) is 0 Å². The number of anilines is 1. The maximum Gasteiger partial charge on any atom is 0.226 e. The van der Waals surface area contributed by atoms with Gasteiger partial charge in [0.1, 0.15) is 0 Å². The lowest BCUT2D eigenvalue weighted by molar-refractivity contribution is -0.142. The molecule has 0 spiro atoms. The molecule has 1 amide bonds. The van der Waals surface area contributed by atoms with Gasteiger partial charge in [-0.15, -0.1) is 0 Å². The number of carbonyl (C=O) groups is 1. The first-order valence-electron chi connectivity index (χ1n) is 7.41. The third-order valence-corrected chi connectivity index (χ3v) is 4.56. The Labute approximate surface area is 114 Å². The summed E-state index contributed by atoms with van der Waals surface area (Å²) in [6.45, 7) is 0.921. The van der Waals surface area contributed by atoms with Gasteiger partial charge in [-0.3, -0.25) is 4.79 Å². The van der Waals surface area contributed by atoms with Gasteiger partial charge >= 0.3 is 0 Å². The third-order valence-electron chi connectivity index (χ3n) is 4.56. The highest BCUT2D eigenvalue weighted by Gasteiger charge is 2.34. The summed E-state index contributed by atoms with van der Waals surface area (Å²) >= 11 is 0. The van der Waals surface area contributed by atoms with Crippen LogP contribution in [0, 0.1) is 5.92 Å². The van der Waals surface area contributed by atoms with Gasteiger partial charge in [0.25, 0.3) is 0 Å². The summed E-state index contributed by atoms with van der Waals surface area (Å²) in [5.41, 5.74) is 7.77. The molecule has 2 N–H and O–H groups in total. The van der Waals surface area contributed by atoms with Gasteiger partial charge < -0.3 is 10.6 Å². The first kappa shape index (κ1) is 12.5. The van der Waals surface area contributed by atoms with Crippen LogP contribution in [0.4, 0.5) is 5.69 Å². The van der Waals surface area contributed by atoms with Crippen LogP contribution in [0.15, 0.2) is 24.3 Å². The standard InChI is InChI=1S/C16H22N2O/c17-14-9-7-12(8-10-14)15-6-1-2-11-18(15)16(19)13-4-3-5-13/h7-10,13,15H,1-6,11,17H2. The summed E-state index contributed by atoms with van der Waals surface area (Å²) in [6.07, 6.45) is 6.83. The summed E-state index contributed by atoms with van der Waals surface area (Å²) in [7, 11) is 0. The molecule has 1 saturated carbocycles. The van der Waals surface area contributed by atoms with Crippen LogP contribution >= 0.6 is 0 Å². The molecule has 2 fully saturated rings. The average molecular weight is 258 g/mol. The molecule has 3 heteroatoms. The van der Waals surface area contributed by atoms with E-state index in [0.29, 0.717) is 11.8 Å². The normalized spacial score (nSPS) is 24.0. The Morgan fingerprint density at radius 1 is 1.05 bits per heavy atom. The molecule has 0 radical (unpaired) electrons. The predicted octanol–water partition coefficient (Wildman–Crippen LogP) is 3.12. The van der Waals surface area contributed by atoms with Gasteiger partial charge in [0.2, 0.25) is 5.91 Å². The lowest BCUT2D eigenvalue weighted by Gasteiger charge is -2.40. The smallest absolute Gasteiger partial charge is 0.226 e. The van der Waals surface area contributed by atoms with Gasteiger partial charge in [-0.1, -0.05) is 18.6 Å². The van der Waals surface area contributed by atoms with Crippen molar-refractivity contribution in [3.05, 3.63) is 29.8 Å². The van der Waals surface area contributed by atoms with E-state index >= 15 is 0 Å². The lowest BCUT2D eigenvalue weighted by Crippen LogP contribution is -2.43. The summed E-state index contributed by atoms with van der Waals surface area (Å²) < 4.78 is 0. The molecule has 102 valence electrons. The molecule has 19 heavy (non-hydrogen) atoms. The van der Waals surface area contributed by atoms with Gasteiger partial charge in [-0.05, 0) is 49.8 Å². The summed E-state index contributed by atoms with van der Waals surface area (Å²) in [6, 6.07) is 8.30. The van der Waals surface area contributed by atoms with E-state index in [-0.39, 0.29) is 6.04 Å². The molecule has 1 saturated heterocycles. The minimum atomic E-state index is 0.266. The van der Waals surface area contributed by atoms with E-state index in [0.717, 1.165) is 37.9 Å². The van der Waals surface area contributed by atoms with E-state index in [1.807, 2.05) is 12.1 Å². The Morgan fingerprint density at radius 3 is 2.42 bits per heavy atom. The number of nitrogens with zero attached hydrogens (tertiary/aromatic N) is 1. The Kier molecular flexibility index (Phi) is 3.45. The average Bonchev–Trinajstić information content (AvgIpc) is 2.37. The molecule has 0 bridgehead atoms. The van der Waals surface area contributed by atoms with Gasteiger partial charge in [0.15, 0.2) is 0 Å². The number of hydrogen-bond donors (Lipinski definition) is 1. The summed E-state index contributed by atoms with van der Waals surface area (Å²) in [5, 5.41) is 0. The molecule has 1 aromatic carbocycles. The zero-order chi connectivity index (χ0) is 13.2. The molecule has 1 unspecified atom stereocenters. The van der Waals surface area contributed by atoms with E-state index in [4.69, 9.17) is 5.73 Å². The van der Waals surface area contributed by atoms with Crippen molar-refractivity contribution in [2.45, 2.75) is 44.6 Å². The van der Waals surface area contributed by atoms with Crippen molar-refractivity contribution in [2.75, 3.05) is 12.3 Å². The van der Waals surface area contributed by atoms with E-state index in [9.17, 15) is 4.79 Å². The van der Waals surface area contributed by atoms with Gasteiger partial charge in [-0.2, -0.15) is 0 Å². The fourth-order valence-electron chi connectivity index (χ4n) is 3.15. The fraction of sp³-hybridized carbons (Fsp3) is 0.562. The van der Waals surface area contributed by atoms with E-state index in [2.05, 4.69) is 17.0 Å². The molecule has 1 aliphatic heterocycles. The summed E-state index contributed by atoms with van der Waals surface area (Å²) in [4.78, 5) is 14.7. The van der Waals surface area contributed by atoms with Crippen molar-refractivity contribution in [1.82, 2.24) is 4.90 Å². The lowest BCUT2D eigenvalue weighted by atomic mass is 9.83. The number of piperidine rings is 1. The van der Waals surface area contributed by atoms with Gasteiger partial charge in [-0.25, -0.2) is 0 Å². The Balaban J connectivity index is 1.80. The second-order valence-electron chi connectivity index (χ2n) is 5.84. The number of likely N-dealkylation sites (tertiary alicyclic amines) is 1. The van der Waals surface area contributed by atoms with E-state index in [1.54, 1.807) is 0 Å². The fourth-order valence-corrected chi connectivity index (χ4v) is 3.15. The summed E-state index contributed by atoms with van der Waals surface area (Å²) in [5.74, 6) is 0.683. The van der Waals surface area contributed by atoms with Crippen molar-refractivity contribution >= 4 is 11.6 Å². The van der Waals surface area contributed by atoms with Crippen molar-refractivity contribution in [2.24, 2.45) is 5.92 Å². The minimum absolute atomic E-state index is 0.266. The van der Waals surface area contributed by atoms with Crippen LogP contribution in [-0.2, 0) is 4.79 Å². The maximum atomic E-state index is 12.5. The quantitative estimate of drug-likeness (QED) is 0.828. The number of nitrogens with two attached hydrogens (primary N) is 1. The molecule has 1 heterocycles. The van der Waals surface area contributed by atoms with Gasteiger partial charge in [0.05, 0.1) is 6.04 Å². The SMILES string of the molecule is Nc1ccc(C2CCCCN2C(=O)C2CCC2)cc1. The highest BCUT2D eigenvalue weighted by molar-refractivity contribution is 5.80. The zero-order valence-electron chi connectivity index (χ0n) is 11.3. The number of hydrogen-bond acceptors (Lipinski definition) is 2. The minimum Gasteiger partial charge on any atom is -0.399 e. The molecule has 0 aromatic heterocycles. The molecule has 1 atom stereocenters. The number of nitrogen functional groups attached to an aromatic ring is 1. The number of amides is 1. The third kappa shape index (κ3) is 2.46. The Bertz CT molecular complexity index is 450. The zero-order valence-corrected chi connectivity index (χ0v) is 11.3. The van der Waals surface area contributed by atoms with Gasteiger partial charge in [0, 0.05) is 18.2 Å². The topological polar surface area (TPSA) is 46.3 Å². The van der Waals surface area contributed by atoms with Crippen LogP contribution in [0.25, 0.3) is 0 Å². The second kappa shape index (κ2) is 5.24. The van der Waals surface area contributed by atoms with Crippen molar-refractivity contribution in [3.63, 3.8) is 0 Å². The Morgan fingerprint density at radius 2 is 1.79 bits per heavy atom. The van der Waals surface area contributed by atoms with Crippen LogP contribution in [0.1, 0.15) is 50.1 Å². The highest BCUT2D eigenvalue weighted by Crippen LogP contribution is 2.36. The maximum absolute atomic E-state index is 12.5. The molecular weight excluding hydrogens is 236 g/mol. The van der Waals surface area contributed by atoms with Crippen LogP contribution in [0.3, 0.4) is 0 Å². The van der Waals surface area contributed by atoms with Crippen molar-refractivity contribution in [3.8, 4) is 0 Å². The van der Waals surface area contributed by atoms with Crippen LogP contribution in [-0.4, -0.2) is 17.4 Å². The molecule has 1 aliphatic carbocycles. The van der Waals surface area contributed by atoms with Crippen LogP contribution < -0.4 is 5.73 Å². The van der Waals surface area contributed by atoms with Crippen molar-refractivity contribution in [1.29, 1.82) is 0 Å². The number of benzene rings is 1.